The monoisotopic (exact) mass is 315 g/mol. The van der Waals surface area contributed by atoms with Gasteiger partial charge in [0.2, 0.25) is 0 Å². The third-order valence-electron chi connectivity index (χ3n) is 3.47. The molecule has 1 aromatic carbocycles. The van der Waals surface area contributed by atoms with Crippen molar-refractivity contribution in [1.29, 1.82) is 0 Å². The summed E-state index contributed by atoms with van der Waals surface area (Å²) in [4.78, 5) is 0.902. The molecule has 0 aliphatic heterocycles. The first-order valence-electron chi connectivity index (χ1n) is 6.07. The Morgan fingerprint density at radius 3 is 2.76 bits per heavy atom. The summed E-state index contributed by atoms with van der Waals surface area (Å²) >= 11 is 3.44. The maximum Gasteiger partial charge on any atom is 0.0541 e. The maximum absolute atomic E-state index is 12.2. The molecule has 3 atom stereocenters. The first-order chi connectivity index (χ1) is 8.18. The molecule has 2 rings (SSSR count). The third kappa shape index (κ3) is 3.39. The molecule has 94 valence electrons. The van der Waals surface area contributed by atoms with Gasteiger partial charge in [-0.3, -0.25) is 4.21 Å². The van der Waals surface area contributed by atoms with Crippen molar-refractivity contribution < 1.29 is 4.21 Å². The molecule has 0 radical (unpaired) electrons. The molecule has 1 aromatic rings. The minimum atomic E-state index is -0.908. The lowest BCUT2D eigenvalue weighted by atomic mass is 10.0. The van der Waals surface area contributed by atoms with Crippen molar-refractivity contribution in [3.63, 3.8) is 0 Å². The van der Waals surface area contributed by atoms with E-state index in [9.17, 15) is 4.21 Å². The van der Waals surface area contributed by atoms with Crippen LogP contribution in [0.15, 0.2) is 33.6 Å². The third-order valence-corrected chi connectivity index (χ3v) is 5.88. The Labute approximate surface area is 114 Å². The fourth-order valence-electron chi connectivity index (χ4n) is 2.42. The molecule has 1 saturated carbocycles. The molecule has 1 aliphatic rings. The summed E-state index contributed by atoms with van der Waals surface area (Å²) in [5.74, 6) is 1.29. The average molecular weight is 316 g/mol. The van der Waals surface area contributed by atoms with E-state index in [1.807, 2.05) is 24.3 Å². The van der Waals surface area contributed by atoms with Gasteiger partial charge in [0.25, 0.3) is 0 Å². The highest BCUT2D eigenvalue weighted by atomic mass is 79.9. The minimum Gasteiger partial charge on any atom is -0.327 e. The van der Waals surface area contributed by atoms with Crippen LogP contribution in [-0.4, -0.2) is 16.0 Å². The molecule has 0 saturated heterocycles. The summed E-state index contributed by atoms with van der Waals surface area (Å²) in [5, 5.41) is 0. The molecule has 0 amide bonds. The normalized spacial score (nSPS) is 26.0. The molecule has 17 heavy (non-hydrogen) atoms. The van der Waals surface area contributed by atoms with E-state index in [0.717, 1.165) is 28.0 Å². The fourth-order valence-corrected chi connectivity index (χ4v) is 4.50. The zero-order chi connectivity index (χ0) is 12.3. The summed E-state index contributed by atoms with van der Waals surface area (Å²) in [6.45, 7) is 0. The zero-order valence-electron chi connectivity index (χ0n) is 9.77. The second-order valence-electron chi connectivity index (χ2n) is 4.62. The highest BCUT2D eigenvalue weighted by molar-refractivity contribution is 9.10. The first-order valence-corrected chi connectivity index (χ1v) is 8.18. The number of hydrogen-bond donors (Lipinski definition) is 1. The smallest absolute Gasteiger partial charge is 0.0541 e. The van der Waals surface area contributed by atoms with Gasteiger partial charge >= 0.3 is 0 Å². The molecule has 3 unspecified atom stereocenters. The van der Waals surface area contributed by atoms with E-state index >= 15 is 0 Å². The molecular weight excluding hydrogens is 298 g/mol. The summed E-state index contributed by atoms with van der Waals surface area (Å²) in [6, 6.07) is 8.06. The Bertz CT molecular complexity index is 410. The summed E-state index contributed by atoms with van der Waals surface area (Å²) in [5.41, 5.74) is 6.03. The highest BCUT2D eigenvalue weighted by Crippen LogP contribution is 2.28. The van der Waals surface area contributed by atoms with Crippen LogP contribution in [0.5, 0.6) is 0 Å². The van der Waals surface area contributed by atoms with Crippen molar-refractivity contribution in [1.82, 2.24) is 0 Å². The van der Waals surface area contributed by atoms with Crippen LogP contribution in [0.1, 0.15) is 25.7 Å². The zero-order valence-corrected chi connectivity index (χ0v) is 12.2. The highest BCUT2D eigenvalue weighted by Gasteiger charge is 2.24. The predicted molar refractivity (Wildman–Crippen MR) is 75.4 cm³/mol. The number of rotatable bonds is 4. The van der Waals surface area contributed by atoms with Crippen LogP contribution < -0.4 is 5.73 Å². The lowest BCUT2D eigenvalue weighted by Gasteiger charge is -2.14. The lowest BCUT2D eigenvalue weighted by molar-refractivity contribution is 0.468. The number of halogens is 1. The minimum absolute atomic E-state index is 0.325. The van der Waals surface area contributed by atoms with Gasteiger partial charge < -0.3 is 5.73 Å². The summed E-state index contributed by atoms with van der Waals surface area (Å²) < 4.78 is 13.1. The number of benzene rings is 1. The van der Waals surface area contributed by atoms with Crippen LogP contribution >= 0.6 is 15.9 Å². The second-order valence-corrected chi connectivity index (χ2v) is 7.02. The Balaban J connectivity index is 1.91. The SMILES string of the molecule is NC1CCCC1CCS(=O)c1ccccc1Br. The van der Waals surface area contributed by atoms with Crippen LogP contribution in [-0.2, 0) is 10.8 Å². The van der Waals surface area contributed by atoms with Gasteiger partial charge in [-0.05, 0) is 53.2 Å². The predicted octanol–water partition coefficient (Wildman–Crippen LogP) is 3.07. The topological polar surface area (TPSA) is 43.1 Å². The standard InChI is InChI=1S/C13H18BrNOS/c14-11-5-1-2-7-13(11)17(16)9-8-10-4-3-6-12(10)15/h1-2,5,7,10,12H,3-4,6,8-9,15H2. The van der Waals surface area contributed by atoms with E-state index in [0.29, 0.717) is 12.0 Å². The van der Waals surface area contributed by atoms with E-state index in [-0.39, 0.29) is 0 Å². The van der Waals surface area contributed by atoms with Crippen LogP contribution in [0, 0.1) is 5.92 Å². The summed E-state index contributed by atoms with van der Waals surface area (Å²) in [6.07, 6.45) is 4.54. The van der Waals surface area contributed by atoms with Crippen LogP contribution in [0.2, 0.25) is 0 Å². The number of hydrogen-bond acceptors (Lipinski definition) is 2. The van der Waals surface area contributed by atoms with Gasteiger partial charge in [-0.1, -0.05) is 18.6 Å². The Kier molecular flexibility index (Phi) is 4.77. The van der Waals surface area contributed by atoms with E-state index in [2.05, 4.69) is 15.9 Å². The second kappa shape index (κ2) is 6.12. The van der Waals surface area contributed by atoms with E-state index in [1.165, 1.54) is 12.8 Å². The molecule has 1 aliphatic carbocycles. The van der Waals surface area contributed by atoms with E-state index in [1.54, 1.807) is 0 Å². The van der Waals surface area contributed by atoms with Crippen LogP contribution in [0.3, 0.4) is 0 Å². The molecule has 0 aromatic heterocycles. The van der Waals surface area contributed by atoms with Gasteiger partial charge in [0.05, 0.1) is 15.7 Å². The van der Waals surface area contributed by atoms with Gasteiger partial charge in [-0.15, -0.1) is 0 Å². The molecule has 2 nitrogen and oxygen atoms in total. The van der Waals surface area contributed by atoms with Crippen LogP contribution in [0.4, 0.5) is 0 Å². The van der Waals surface area contributed by atoms with Gasteiger partial charge in [0, 0.05) is 16.3 Å². The van der Waals surface area contributed by atoms with Crippen molar-refractivity contribution in [3.8, 4) is 0 Å². The van der Waals surface area contributed by atoms with Gasteiger partial charge in [0.15, 0.2) is 0 Å². The van der Waals surface area contributed by atoms with Crippen molar-refractivity contribution >= 4 is 26.7 Å². The van der Waals surface area contributed by atoms with Crippen molar-refractivity contribution in [3.05, 3.63) is 28.7 Å². The fraction of sp³-hybridized carbons (Fsp3) is 0.538. The Hall–Kier alpha value is -0.190. The molecule has 0 heterocycles. The van der Waals surface area contributed by atoms with Gasteiger partial charge in [-0.2, -0.15) is 0 Å². The van der Waals surface area contributed by atoms with Crippen molar-refractivity contribution in [2.45, 2.75) is 36.6 Å². The van der Waals surface area contributed by atoms with Gasteiger partial charge in [-0.25, -0.2) is 0 Å². The average Bonchev–Trinajstić information content (AvgIpc) is 2.72. The molecule has 0 spiro atoms. The molecule has 1 fully saturated rings. The van der Waals surface area contributed by atoms with E-state index in [4.69, 9.17) is 5.73 Å². The van der Waals surface area contributed by atoms with Gasteiger partial charge in [0.1, 0.15) is 0 Å². The number of nitrogens with two attached hydrogens (primary N) is 1. The molecule has 0 bridgehead atoms. The quantitative estimate of drug-likeness (QED) is 0.928. The summed E-state index contributed by atoms with van der Waals surface area (Å²) in [7, 11) is -0.908. The Morgan fingerprint density at radius 2 is 2.12 bits per heavy atom. The first kappa shape index (κ1) is 13.2. The van der Waals surface area contributed by atoms with Crippen molar-refractivity contribution in [2.24, 2.45) is 11.7 Å². The molecule has 2 N–H and O–H groups in total. The van der Waals surface area contributed by atoms with Crippen molar-refractivity contribution in [2.75, 3.05) is 5.75 Å². The van der Waals surface area contributed by atoms with Crippen LogP contribution in [0.25, 0.3) is 0 Å². The largest absolute Gasteiger partial charge is 0.327 e. The maximum atomic E-state index is 12.2. The van der Waals surface area contributed by atoms with E-state index < -0.39 is 10.8 Å². The lowest BCUT2D eigenvalue weighted by Crippen LogP contribution is -2.25. The molecule has 4 heteroatoms. The Morgan fingerprint density at radius 1 is 1.35 bits per heavy atom. The molecular formula is C13H18BrNOS.